The van der Waals surface area contributed by atoms with Crippen molar-refractivity contribution in [1.82, 2.24) is 0 Å². The molecule has 1 aromatic carbocycles. The van der Waals surface area contributed by atoms with Crippen molar-refractivity contribution in [3.63, 3.8) is 0 Å². The van der Waals surface area contributed by atoms with Crippen LogP contribution >= 0.6 is 11.3 Å². The Morgan fingerprint density at radius 2 is 1.82 bits per heavy atom. The van der Waals surface area contributed by atoms with E-state index in [4.69, 9.17) is 0 Å². The number of aryl methyl sites for hydroxylation is 3. The summed E-state index contributed by atoms with van der Waals surface area (Å²) >= 11 is 1.62. The maximum atomic E-state index is 12.2. The molecule has 2 rings (SSSR count). The molecule has 116 valence electrons. The number of nitrogens with one attached hydrogen (secondary N) is 1. The highest BCUT2D eigenvalue weighted by Crippen LogP contribution is 2.23. The molecule has 0 radical (unpaired) electrons. The van der Waals surface area contributed by atoms with Gasteiger partial charge in [-0.25, -0.2) is 0 Å². The zero-order valence-corrected chi connectivity index (χ0v) is 14.3. The van der Waals surface area contributed by atoms with Crippen LogP contribution in [0.2, 0.25) is 0 Å². The van der Waals surface area contributed by atoms with Crippen LogP contribution in [0.1, 0.15) is 44.1 Å². The highest BCUT2D eigenvalue weighted by molar-refractivity contribution is 7.12. The number of rotatable bonds is 5. The van der Waals surface area contributed by atoms with Gasteiger partial charge in [-0.05, 0) is 51.0 Å². The molecule has 1 aromatic heterocycles. The minimum atomic E-state index is -0.119. The number of carbonyl (C=O) groups is 2. The SMILES string of the molecule is Cc1cc(C(=O)CCC(=O)Nc2cccc(C)c2C)c(C)s1. The van der Waals surface area contributed by atoms with E-state index in [2.05, 4.69) is 5.32 Å². The van der Waals surface area contributed by atoms with E-state index >= 15 is 0 Å². The maximum absolute atomic E-state index is 12.2. The van der Waals surface area contributed by atoms with E-state index < -0.39 is 0 Å². The van der Waals surface area contributed by atoms with Crippen molar-refractivity contribution in [1.29, 1.82) is 0 Å². The van der Waals surface area contributed by atoms with Crippen molar-refractivity contribution < 1.29 is 9.59 Å². The Kier molecular flexibility index (Phi) is 5.14. The zero-order valence-electron chi connectivity index (χ0n) is 13.4. The van der Waals surface area contributed by atoms with Gasteiger partial charge in [-0.3, -0.25) is 9.59 Å². The summed E-state index contributed by atoms with van der Waals surface area (Å²) in [6.07, 6.45) is 0.453. The molecule has 22 heavy (non-hydrogen) atoms. The van der Waals surface area contributed by atoms with Gasteiger partial charge in [0.15, 0.2) is 5.78 Å². The lowest BCUT2D eigenvalue weighted by Gasteiger charge is -2.10. The fourth-order valence-corrected chi connectivity index (χ4v) is 3.31. The lowest BCUT2D eigenvalue weighted by atomic mass is 10.1. The second-order valence-corrected chi connectivity index (χ2v) is 7.01. The molecule has 0 aliphatic rings. The number of amides is 1. The Bertz CT molecular complexity index is 716. The van der Waals surface area contributed by atoms with Crippen molar-refractivity contribution in [3.8, 4) is 0 Å². The van der Waals surface area contributed by atoms with E-state index in [1.54, 1.807) is 11.3 Å². The second kappa shape index (κ2) is 6.88. The predicted octanol–water partition coefficient (Wildman–Crippen LogP) is 4.58. The molecule has 0 bridgehead atoms. The van der Waals surface area contributed by atoms with Crippen molar-refractivity contribution in [2.45, 2.75) is 40.5 Å². The Morgan fingerprint density at radius 3 is 2.45 bits per heavy atom. The molecule has 1 amide bonds. The minimum Gasteiger partial charge on any atom is -0.326 e. The van der Waals surface area contributed by atoms with E-state index in [1.165, 1.54) is 0 Å². The van der Waals surface area contributed by atoms with Crippen LogP contribution in [-0.2, 0) is 4.79 Å². The molecule has 2 aromatic rings. The number of anilines is 1. The molecule has 0 aliphatic carbocycles. The third kappa shape index (κ3) is 3.83. The summed E-state index contributed by atoms with van der Waals surface area (Å²) in [7, 11) is 0. The topological polar surface area (TPSA) is 46.2 Å². The van der Waals surface area contributed by atoms with Gasteiger partial charge in [0.05, 0.1) is 0 Å². The van der Waals surface area contributed by atoms with Gasteiger partial charge >= 0.3 is 0 Å². The van der Waals surface area contributed by atoms with Crippen molar-refractivity contribution in [2.75, 3.05) is 5.32 Å². The summed E-state index contributed by atoms with van der Waals surface area (Å²) in [5, 5.41) is 2.89. The Morgan fingerprint density at radius 1 is 1.09 bits per heavy atom. The molecule has 4 heteroatoms. The van der Waals surface area contributed by atoms with Crippen LogP contribution in [0.15, 0.2) is 24.3 Å². The van der Waals surface area contributed by atoms with Crippen molar-refractivity contribution in [2.24, 2.45) is 0 Å². The number of hydrogen-bond donors (Lipinski definition) is 1. The summed E-state index contributed by atoms with van der Waals surface area (Å²) in [6.45, 7) is 7.92. The van der Waals surface area contributed by atoms with Crippen LogP contribution < -0.4 is 5.32 Å². The molecular formula is C18H21NO2S. The Hall–Kier alpha value is -1.94. The zero-order chi connectivity index (χ0) is 16.3. The first-order valence-corrected chi connectivity index (χ1v) is 8.16. The van der Waals surface area contributed by atoms with E-state index in [0.717, 1.165) is 32.1 Å². The monoisotopic (exact) mass is 315 g/mol. The molecule has 3 nitrogen and oxygen atoms in total. The number of hydrogen-bond acceptors (Lipinski definition) is 3. The van der Waals surface area contributed by atoms with Crippen LogP contribution in [-0.4, -0.2) is 11.7 Å². The van der Waals surface area contributed by atoms with Crippen LogP contribution in [0.25, 0.3) is 0 Å². The average molecular weight is 315 g/mol. The summed E-state index contributed by atoms with van der Waals surface area (Å²) in [4.78, 5) is 26.4. The number of Topliss-reactive ketones (excluding diaryl/α,β-unsaturated/α-hetero) is 1. The highest BCUT2D eigenvalue weighted by atomic mass is 32.1. The van der Waals surface area contributed by atoms with E-state index in [0.29, 0.717) is 0 Å². The fourth-order valence-electron chi connectivity index (χ4n) is 2.37. The number of ketones is 1. The van der Waals surface area contributed by atoms with E-state index in [9.17, 15) is 9.59 Å². The van der Waals surface area contributed by atoms with Crippen LogP contribution in [0, 0.1) is 27.7 Å². The third-order valence-corrected chi connectivity index (χ3v) is 4.77. The van der Waals surface area contributed by atoms with Gasteiger partial charge in [0.1, 0.15) is 0 Å². The van der Waals surface area contributed by atoms with Gasteiger partial charge in [-0.15, -0.1) is 11.3 Å². The highest BCUT2D eigenvalue weighted by Gasteiger charge is 2.14. The summed E-state index contributed by atoms with van der Waals surface area (Å²) in [5.41, 5.74) is 3.77. The van der Waals surface area contributed by atoms with E-state index in [1.807, 2.05) is 52.0 Å². The molecule has 0 aliphatic heterocycles. The molecule has 1 heterocycles. The molecule has 0 saturated carbocycles. The second-order valence-electron chi connectivity index (χ2n) is 5.55. The van der Waals surface area contributed by atoms with Gasteiger partial charge in [-0.2, -0.15) is 0 Å². The molecule has 1 N–H and O–H groups in total. The van der Waals surface area contributed by atoms with Crippen LogP contribution in [0.5, 0.6) is 0 Å². The van der Waals surface area contributed by atoms with Crippen LogP contribution in [0.3, 0.4) is 0 Å². The summed E-state index contributed by atoms with van der Waals surface area (Å²) < 4.78 is 0. The molecular weight excluding hydrogens is 294 g/mol. The molecule has 0 spiro atoms. The van der Waals surface area contributed by atoms with Gasteiger partial charge in [-0.1, -0.05) is 12.1 Å². The minimum absolute atomic E-state index is 0.0398. The standard InChI is InChI=1S/C18H21NO2S/c1-11-6-5-7-16(13(11)3)19-18(21)9-8-17(20)15-10-12(2)22-14(15)4/h5-7,10H,8-9H2,1-4H3,(H,19,21). The molecule has 0 unspecified atom stereocenters. The van der Waals surface area contributed by atoms with Crippen molar-refractivity contribution >= 4 is 28.7 Å². The van der Waals surface area contributed by atoms with Gasteiger partial charge < -0.3 is 5.32 Å². The normalized spacial score (nSPS) is 10.5. The maximum Gasteiger partial charge on any atom is 0.224 e. The van der Waals surface area contributed by atoms with E-state index in [-0.39, 0.29) is 24.5 Å². The first-order valence-electron chi connectivity index (χ1n) is 7.34. The predicted molar refractivity (Wildman–Crippen MR) is 91.9 cm³/mol. The van der Waals surface area contributed by atoms with Gasteiger partial charge in [0.2, 0.25) is 5.91 Å². The molecule has 0 fully saturated rings. The third-order valence-electron chi connectivity index (χ3n) is 3.80. The largest absolute Gasteiger partial charge is 0.326 e. The Balaban J connectivity index is 1.94. The number of carbonyl (C=O) groups excluding carboxylic acids is 2. The molecule has 0 saturated heterocycles. The number of thiophene rings is 1. The quantitative estimate of drug-likeness (QED) is 0.821. The average Bonchev–Trinajstić information content (AvgIpc) is 2.80. The summed E-state index contributed by atoms with van der Waals surface area (Å²) in [6, 6.07) is 7.72. The first kappa shape index (κ1) is 16.4. The molecule has 0 atom stereocenters. The smallest absolute Gasteiger partial charge is 0.224 e. The first-order chi connectivity index (χ1) is 10.4. The summed E-state index contributed by atoms with van der Waals surface area (Å²) in [5.74, 6) is -0.0791. The van der Waals surface area contributed by atoms with Gasteiger partial charge in [0.25, 0.3) is 0 Å². The fraction of sp³-hybridized carbons (Fsp3) is 0.333. The van der Waals surface area contributed by atoms with Crippen molar-refractivity contribution in [3.05, 3.63) is 50.7 Å². The van der Waals surface area contributed by atoms with Crippen LogP contribution in [0.4, 0.5) is 5.69 Å². The number of benzene rings is 1. The lowest BCUT2D eigenvalue weighted by molar-refractivity contribution is -0.116. The van der Waals surface area contributed by atoms with Gasteiger partial charge in [0, 0.05) is 33.8 Å². The lowest BCUT2D eigenvalue weighted by Crippen LogP contribution is -2.14. The Labute approximate surface area is 135 Å².